The van der Waals surface area contributed by atoms with Crippen molar-refractivity contribution in [2.24, 2.45) is 0 Å². The van der Waals surface area contributed by atoms with Gasteiger partial charge in [0.25, 0.3) is 0 Å². The fraction of sp³-hybridized carbons (Fsp3) is 0.462. The molecule has 0 aromatic heterocycles. The number of piperazine rings is 1. The summed E-state index contributed by atoms with van der Waals surface area (Å²) in [5.41, 5.74) is 0.428. The standard InChI is InChI=1S/C13H17ClN2O3S/c1-15-6-8-16(9-7-15)20(18,19)12-4-2-11(3-5-12)13(17)10-14/h2-5H,6-10H2,1H3. The maximum atomic E-state index is 12.4. The summed E-state index contributed by atoms with van der Waals surface area (Å²) in [6.45, 7) is 2.42. The van der Waals surface area contributed by atoms with Crippen LogP contribution in [-0.4, -0.2) is 62.5 Å². The molecule has 0 aliphatic carbocycles. The first kappa shape index (κ1) is 15.4. The molecule has 1 aromatic rings. The van der Waals surface area contributed by atoms with Crippen LogP contribution in [0.5, 0.6) is 0 Å². The van der Waals surface area contributed by atoms with Crippen LogP contribution in [0.15, 0.2) is 29.2 Å². The number of hydrogen-bond donors (Lipinski definition) is 0. The Kier molecular flexibility index (Phi) is 4.80. The first-order valence-corrected chi connectivity index (χ1v) is 8.30. The lowest BCUT2D eigenvalue weighted by Crippen LogP contribution is -2.47. The lowest BCUT2D eigenvalue weighted by molar-refractivity contribution is 0.102. The van der Waals surface area contributed by atoms with Crippen LogP contribution in [0.25, 0.3) is 0 Å². The van der Waals surface area contributed by atoms with Gasteiger partial charge in [-0.05, 0) is 19.2 Å². The van der Waals surface area contributed by atoms with E-state index in [2.05, 4.69) is 4.90 Å². The third kappa shape index (κ3) is 3.20. The minimum absolute atomic E-state index is 0.107. The van der Waals surface area contributed by atoms with E-state index in [1.807, 2.05) is 7.05 Å². The molecule has 110 valence electrons. The SMILES string of the molecule is CN1CCN(S(=O)(=O)c2ccc(C(=O)CCl)cc2)CC1. The summed E-state index contributed by atoms with van der Waals surface area (Å²) in [6.07, 6.45) is 0. The van der Waals surface area contributed by atoms with Gasteiger partial charge in [0.15, 0.2) is 5.78 Å². The van der Waals surface area contributed by atoms with Crippen LogP contribution in [0.3, 0.4) is 0 Å². The van der Waals surface area contributed by atoms with Crippen molar-refractivity contribution in [3.05, 3.63) is 29.8 Å². The quantitative estimate of drug-likeness (QED) is 0.615. The molecule has 5 nitrogen and oxygen atoms in total. The number of hydrogen-bond acceptors (Lipinski definition) is 4. The second kappa shape index (κ2) is 6.22. The topological polar surface area (TPSA) is 57.7 Å². The number of carbonyl (C=O) groups is 1. The van der Waals surface area contributed by atoms with Crippen LogP contribution in [0.4, 0.5) is 0 Å². The molecule has 1 heterocycles. The Morgan fingerprint density at radius 2 is 1.70 bits per heavy atom. The molecule has 1 saturated heterocycles. The molecule has 0 amide bonds. The maximum Gasteiger partial charge on any atom is 0.243 e. The second-order valence-electron chi connectivity index (χ2n) is 4.79. The van der Waals surface area contributed by atoms with Gasteiger partial charge in [0.1, 0.15) is 0 Å². The zero-order chi connectivity index (χ0) is 14.8. The minimum atomic E-state index is -3.47. The molecule has 1 aromatic carbocycles. The van der Waals surface area contributed by atoms with Crippen LogP contribution in [0.1, 0.15) is 10.4 Å². The van der Waals surface area contributed by atoms with Gasteiger partial charge in [-0.15, -0.1) is 11.6 Å². The van der Waals surface area contributed by atoms with E-state index in [4.69, 9.17) is 11.6 Å². The number of benzene rings is 1. The van der Waals surface area contributed by atoms with E-state index in [9.17, 15) is 13.2 Å². The summed E-state index contributed by atoms with van der Waals surface area (Å²) in [6, 6.07) is 5.95. The molecule has 0 spiro atoms. The molecule has 0 saturated carbocycles. The molecule has 0 atom stereocenters. The molecule has 0 unspecified atom stereocenters. The number of Topliss-reactive ketones (excluding diaryl/α,β-unsaturated/α-hetero) is 1. The van der Waals surface area contributed by atoms with Crippen LogP contribution >= 0.6 is 11.6 Å². The fourth-order valence-electron chi connectivity index (χ4n) is 2.07. The smallest absolute Gasteiger partial charge is 0.243 e. The zero-order valence-electron chi connectivity index (χ0n) is 11.3. The van der Waals surface area contributed by atoms with E-state index in [0.29, 0.717) is 18.7 Å². The van der Waals surface area contributed by atoms with Crippen LogP contribution in [-0.2, 0) is 10.0 Å². The van der Waals surface area contributed by atoms with Crippen LogP contribution < -0.4 is 0 Å². The van der Waals surface area contributed by atoms with Crippen molar-refractivity contribution < 1.29 is 13.2 Å². The number of nitrogens with zero attached hydrogens (tertiary/aromatic N) is 2. The average molecular weight is 317 g/mol. The van der Waals surface area contributed by atoms with E-state index in [-0.39, 0.29) is 16.6 Å². The summed E-state index contributed by atoms with van der Waals surface area (Å²) >= 11 is 5.47. The van der Waals surface area contributed by atoms with E-state index in [0.717, 1.165) is 13.1 Å². The summed E-state index contributed by atoms with van der Waals surface area (Å²) in [5, 5.41) is 0. The normalized spacial score (nSPS) is 18.1. The molecule has 20 heavy (non-hydrogen) atoms. The third-order valence-corrected chi connectivity index (χ3v) is 5.55. The molecular formula is C13H17ClN2O3S. The number of ketones is 1. The summed E-state index contributed by atoms with van der Waals surface area (Å²) < 4.78 is 26.4. The Hall–Kier alpha value is -0.950. The van der Waals surface area contributed by atoms with Crippen molar-refractivity contribution in [3.8, 4) is 0 Å². The van der Waals surface area contributed by atoms with Gasteiger partial charge < -0.3 is 4.90 Å². The highest BCUT2D eigenvalue weighted by atomic mass is 35.5. The van der Waals surface area contributed by atoms with E-state index in [1.165, 1.54) is 28.6 Å². The molecule has 0 radical (unpaired) electrons. The van der Waals surface area contributed by atoms with Gasteiger partial charge in [0.05, 0.1) is 10.8 Å². The van der Waals surface area contributed by atoms with E-state index < -0.39 is 10.0 Å². The minimum Gasteiger partial charge on any atom is -0.304 e. The highest BCUT2D eigenvalue weighted by molar-refractivity contribution is 7.89. The first-order chi connectivity index (χ1) is 9.45. The highest BCUT2D eigenvalue weighted by Crippen LogP contribution is 2.18. The molecular weight excluding hydrogens is 300 g/mol. The molecule has 0 N–H and O–H groups in total. The molecule has 2 rings (SSSR count). The number of carbonyl (C=O) groups excluding carboxylic acids is 1. The van der Waals surface area contributed by atoms with Crippen LogP contribution in [0.2, 0.25) is 0 Å². The highest BCUT2D eigenvalue weighted by Gasteiger charge is 2.27. The van der Waals surface area contributed by atoms with Gasteiger partial charge in [-0.1, -0.05) is 12.1 Å². The first-order valence-electron chi connectivity index (χ1n) is 6.33. The molecule has 7 heteroatoms. The second-order valence-corrected chi connectivity index (χ2v) is 6.99. The monoisotopic (exact) mass is 316 g/mol. The van der Waals surface area contributed by atoms with Crippen molar-refractivity contribution >= 4 is 27.4 Å². The van der Waals surface area contributed by atoms with Gasteiger partial charge in [-0.2, -0.15) is 4.31 Å². The van der Waals surface area contributed by atoms with Crippen molar-refractivity contribution in [2.75, 3.05) is 39.1 Å². The Morgan fingerprint density at radius 1 is 1.15 bits per heavy atom. The van der Waals surface area contributed by atoms with Crippen molar-refractivity contribution in [1.82, 2.24) is 9.21 Å². The molecule has 1 fully saturated rings. The lowest BCUT2D eigenvalue weighted by Gasteiger charge is -2.31. The average Bonchev–Trinajstić information content (AvgIpc) is 2.47. The predicted octanol–water partition coefficient (Wildman–Crippen LogP) is 1.04. The molecule has 1 aliphatic heterocycles. The van der Waals surface area contributed by atoms with Gasteiger partial charge in [0, 0.05) is 31.7 Å². The Morgan fingerprint density at radius 3 is 2.20 bits per heavy atom. The largest absolute Gasteiger partial charge is 0.304 e. The Labute approximate surface area is 124 Å². The van der Waals surface area contributed by atoms with Gasteiger partial charge >= 0.3 is 0 Å². The number of halogens is 1. The Bertz CT molecular complexity index is 578. The number of rotatable bonds is 4. The van der Waals surface area contributed by atoms with Crippen molar-refractivity contribution in [1.29, 1.82) is 0 Å². The third-order valence-electron chi connectivity index (χ3n) is 3.40. The summed E-state index contributed by atoms with van der Waals surface area (Å²) in [5.74, 6) is -0.319. The lowest BCUT2D eigenvalue weighted by atomic mass is 10.1. The van der Waals surface area contributed by atoms with Gasteiger partial charge in [-0.25, -0.2) is 8.42 Å². The Balaban J connectivity index is 2.19. The summed E-state index contributed by atoms with van der Waals surface area (Å²) in [7, 11) is -1.50. The van der Waals surface area contributed by atoms with Crippen molar-refractivity contribution in [2.45, 2.75) is 4.90 Å². The molecule has 0 bridgehead atoms. The van der Waals surface area contributed by atoms with Gasteiger partial charge in [0.2, 0.25) is 10.0 Å². The van der Waals surface area contributed by atoms with Gasteiger partial charge in [-0.3, -0.25) is 4.79 Å². The molecule has 1 aliphatic rings. The zero-order valence-corrected chi connectivity index (χ0v) is 12.8. The number of likely N-dealkylation sites (N-methyl/N-ethyl adjacent to an activating group) is 1. The van der Waals surface area contributed by atoms with E-state index in [1.54, 1.807) is 0 Å². The summed E-state index contributed by atoms with van der Waals surface area (Å²) in [4.78, 5) is 13.7. The van der Waals surface area contributed by atoms with Crippen molar-refractivity contribution in [3.63, 3.8) is 0 Å². The number of sulfonamides is 1. The van der Waals surface area contributed by atoms with Crippen LogP contribution in [0, 0.1) is 0 Å². The maximum absolute atomic E-state index is 12.4. The van der Waals surface area contributed by atoms with E-state index >= 15 is 0 Å². The number of alkyl halides is 1. The fourth-order valence-corrected chi connectivity index (χ4v) is 3.64. The predicted molar refractivity (Wildman–Crippen MR) is 77.7 cm³/mol.